The molecular formula is C20H21ClN2O3S2. The second kappa shape index (κ2) is 8.86. The summed E-state index contributed by atoms with van der Waals surface area (Å²) in [6.45, 7) is 1.41. The summed E-state index contributed by atoms with van der Waals surface area (Å²) in [5.74, 6) is 0.0724. The van der Waals surface area contributed by atoms with E-state index in [9.17, 15) is 9.00 Å². The Labute approximate surface area is 175 Å². The van der Waals surface area contributed by atoms with Crippen LogP contribution >= 0.6 is 22.9 Å². The lowest BCUT2D eigenvalue weighted by Crippen LogP contribution is -2.18. The van der Waals surface area contributed by atoms with Crippen LogP contribution in [0.15, 0.2) is 41.4 Å². The van der Waals surface area contributed by atoms with Gasteiger partial charge in [-0.25, -0.2) is 4.98 Å². The van der Waals surface area contributed by atoms with E-state index in [1.165, 1.54) is 17.5 Å². The molecule has 1 aromatic carbocycles. The first kappa shape index (κ1) is 19.8. The van der Waals surface area contributed by atoms with Crippen LogP contribution in [0.25, 0.3) is 5.57 Å². The molecule has 1 aromatic heterocycles. The molecule has 2 fully saturated rings. The van der Waals surface area contributed by atoms with Gasteiger partial charge >= 0.3 is 0 Å². The molecule has 2 aromatic rings. The van der Waals surface area contributed by atoms with Crippen molar-refractivity contribution in [3.63, 3.8) is 0 Å². The van der Waals surface area contributed by atoms with Crippen molar-refractivity contribution in [3.8, 4) is 0 Å². The summed E-state index contributed by atoms with van der Waals surface area (Å²) in [4.78, 5) is 17.9. The zero-order chi connectivity index (χ0) is 19.5. The first-order chi connectivity index (χ1) is 13.6. The highest BCUT2D eigenvalue weighted by molar-refractivity contribution is 7.86. The summed E-state index contributed by atoms with van der Waals surface area (Å²) in [7, 11) is -0.951. The van der Waals surface area contributed by atoms with E-state index in [1.807, 2.05) is 30.3 Å². The Morgan fingerprint density at radius 2 is 1.93 bits per heavy atom. The Hall–Kier alpha value is -1.54. The fourth-order valence-electron chi connectivity index (χ4n) is 3.14. The highest BCUT2D eigenvalue weighted by atomic mass is 35.5. The summed E-state index contributed by atoms with van der Waals surface area (Å²) >= 11 is 7.15. The van der Waals surface area contributed by atoms with Gasteiger partial charge in [-0.3, -0.25) is 14.3 Å². The Morgan fingerprint density at radius 1 is 1.21 bits per heavy atom. The summed E-state index contributed by atoms with van der Waals surface area (Å²) in [6.07, 6.45) is 7.39. The molecule has 1 unspecified atom stereocenters. The number of nitrogens with zero attached hydrogens (tertiary/aromatic N) is 1. The smallest absolute Gasteiger partial charge is 0.257 e. The lowest BCUT2D eigenvalue weighted by Gasteiger charge is -2.20. The van der Waals surface area contributed by atoms with Crippen LogP contribution in [0.1, 0.15) is 31.2 Å². The van der Waals surface area contributed by atoms with Crippen molar-refractivity contribution < 1.29 is 13.7 Å². The van der Waals surface area contributed by atoms with Gasteiger partial charge in [0.15, 0.2) is 5.13 Å². The average Bonchev–Trinajstić information content (AvgIpc) is 3.49. The molecule has 1 saturated heterocycles. The zero-order valence-corrected chi connectivity index (χ0v) is 17.6. The molecule has 1 atom stereocenters. The van der Waals surface area contributed by atoms with Gasteiger partial charge < -0.3 is 4.74 Å². The number of anilines is 1. The van der Waals surface area contributed by atoms with Gasteiger partial charge in [-0.1, -0.05) is 41.1 Å². The number of carbonyl (C=O) groups excluding carboxylic acids is 1. The number of ether oxygens (including phenoxy) is 1. The molecule has 1 amide bonds. The Kier molecular flexibility index (Phi) is 6.25. The first-order valence-corrected chi connectivity index (χ1v) is 11.7. The van der Waals surface area contributed by atoms with E-state index in [0.717, 1.165) is 36.1 Å². The van der Waals surface area contributed by atoms with Crippen LogP contribution in [0.4, 0.5) is 5.13 Å². The molecule has 28 heavy (non-hydrogen) atoms. The summed E-state index contributed by atoms with van der Waals surface area (Å²) in [5.41, 5.74) is 1.41. The average molecular weight is 437 g/mol. The van der Waals surface area contributed by atoms with Crippen molar-refractivity contribution in [2.24, 2.45) is 5.92 Å². The number of benzene rings is 1. The van der Waals surface area contributed by atoms with Gasteiger partial charge in [0.05, 0.1) is 17.0 Å². The molecular weight excluding hydrogens is 416 g/mol. The van der Waals surface area contributed by atoms with Gasteiger partial charge in [-0.15, -0.1) is 0 Å². The van der Waals surface area contributed by atoms with Crippen LogP contribution < -0.4 is 5.32 Å². The van der Waals surface area contributed by atoms with E-state index in [1.54, 1.807) is 0 Å². The van der Waals surface area contributed by atoms with Gasteiger partial charge in [0.25, 0.3) is 5.91 Å². The summed E-state index contributed by atoms with van der Waals surface area (Å²) in [6, 6.07) is 7.51. The predicted octanol–water partition coefficient (Wildman–Crippen LogP) is 4.52. The molecule has 4 rings (SSSR count). The van der Waals surface area contributed by atoms with E-state index < -0.39 is 10.8 Å². The van der Waals surface area contributed by atoms with E-state index in [4.69, 9.17) is 16.3 Å². The number of nitrogens with one attached hydrogen (secondary N) is 1. The normalized spacial score (nSPS) is 19.4. The number of carbonyl (C=O) groups is 1. The second-order valence-corrected chi connectivity index (χ2v) is 10.4. The summed E-state index contributed by atoms with van der Waals surface area (Å²) < 4.78 is 18.3. The lowest BCUT2D eigenvalue weighted by atomic mass is 9.94. The van der Waals surface area contributed by atoms with Crippen LogP contribution in [0, 0.1) is 5.92 Å². The topological polar surface area (TPSA) is 68.3 Å². The van der Waals surface area contributed by atoms with Gasteiger partial charge in [-0.05, 0) is 49.3 Å². The minimum absolute atomic E-state index is 0.214. The molecule has 8 heteroatoms. The van der Waals surface area contributed by atoms with E-state index in [-0.39, 0.29) is 11.8 Å². The van der Waals surface area contributed by atoms with Crippen molar-refractivity contribution in [1.82, 2.24) is 4.98 Å². The minimum Gasteiger partial charge on any atom is -0.381 e. The quantitative estimate of drug-likeness (QED) is 0.676. The number of halogens is 1. The Morgan fingerprint density at radius 3 is 2.54 bits per heavy atom. The third-order valence-electron chi connectivity index (χ3n) is 4.84. The minimum atomic E-state index is -0.951. The fraction of sp³-hybridized carbons (Fsp3) is 0.400. The van der Waals surface area contributed by atoms with Crippen LogP contribution in [-0.4, -0.2) is 33.6 Å². The number of hydrogen-bond donors (Lipinski definition) is 1. The maximum atomic E-state index is 13.0. The van der Waals surface area contributed by atoms with E-state index in [2.05, 4.69) is 10.3 Å². The maximum absolute atomic E-state index is 13.0. The second-order valence-electron chi connectivity index (χ2n) is 6.97. The molecule has 148 valence electrons. The monoisotopic (exact) mass is 436 g/mol. The number of thiazole rings is 1. The highest BCUT2D eigenvalue weighted by Crippen LogP contribution is 2.31. The molecule has 0 spiro atoms. The molecule has 1 N–H and O–H groups in total. The number of allylic oxidation sites excluding steroid dienone is 1. The van der Waals surface area contributed by atoms with Gasteiger partial charge in [0, 0.05) is 28.9 Å². The number of rotatable bonds is 6. The van der Waals surface area contributed by atoms with Crippen LogP contribution in [-0.2, 0) is 20.3 Å². The predicted molar refractivity (Wildman–Crippen MR) is 113 cm³/mol. The molecule has 5 nitrogen and oxygen atoms in total. The van der Waals surface area contributed by atoms with Gasteiger partial charge in [-0.2, -0.15) is 0 Å². The molecule has 1 aliphatic carbocycles. The Bertz CT molecular complexity index is 900. The van der Waals surface area contributed by atoms with Crippen molar-refractivity contribution in [3.05, 3.63) is 46.4 Å². The van der Waals surface area contributed by atoms with Crippen molar-refractivity contribution in [2.45, 2.75) is 35.8 Å². The number of amides is 1. The van der Waals surface area contributed by atoms with Crippen LogP contribution in [0.2, 0.25) is 4.34 Å². The number of hydrogen-bond acceptors (Lipinski definition) is 5. The molecule has 2 aliphatic rings. The van der Waals surface area contributed by atoms with Crippen molar-refractivity contribution in [2.75, 3.05) is 18.5 Å². The first-order valence-electron chi connectivity index (χ1n) is 9.33. The van der Waals surface area contributed by atoms with Crippen LogP contribution in [0.5, 0.6) is 0 Å². The third kappa shape index (κ3) is 4.89. The third-order valence-corrected chi connectivity index (χ3v) is 7.68. The zero-order valence-electron chi connectivity index (χ0n) is 15.2. The van der Waals surface area contributed by atoms with Gasteiger partial charge in [0.2, 0.25) is 0 Å². The molecule has 1 aliphatic heterocycles. The largest absolute Gasteiger partial charge is 0.381 e. The van der Waals surface area contributed by atoms with E-state index in [0.29, 0.717) is 33.5 Å². The lowest BCUT2D eigenvalue weighted by molar-refractivity contribution is -0.111. The number of aromatic nitrogens is 1. The van der Waals surface area contributed by atoms with Crippen molar-refractivity contribution in [1.29, 1.82) is 0 Å². The molecule has 1 saturated carbocycles. The molecule has 0 radical (unpaired) electrons. The fourth-order valence-corrected chi connectivity index (χ4v) is 5.30. The highest BCUT2D eigenvalue weighted by Gasteiger charge is 2.29. The van der Waals surface area contributed by atoms with Crippen LogP contribution in [0.3, 0.4) is 0 Å². The maximum Gasteiger partial charge on any atom is 0.257 e. The van der Waals surface area contributed by atoms with E-state index >= 15 is 0 Å². The Balaban J connectivity index is 1.58. The molecule has 2 heterocycles. The standard InChI is InChI=1S/C20H21ClN2O3S2/c21-18-12-22-20(27-18)23-19(24)17(11-13-7-9-26-10-8-13)14-1-3-15(4-2-14)28(25)16-5-6-16/h1-4,11-13,16H,5-10H2,(H,22,23,24). The molecule has 0 bridgehead atoms. The summed E-state index contributed by atoms with van der Waals surface area (Å²) in [5, 5.41) is 3.61. The SMILES string of the molecule is O=C(Nc1ncc(Cl)s1)C(=CC1CCOCC1)c1ccc(S(=O)C2CC2)cc1. The van der Waals surface area contributed by atoms with Crippen molar-refractivity contribution >= 4 is 50.3 Å². The van der Waals surface area contributed by atoms with Gasteiger partial charge in [0.1, 0.15) is 4.34 Å².